The summed E-state index contributed by atoms with van der Waals surface area (Å²) in [6.45, 7) is 11.9. The molecule has 2 amide bonds. The SMILES string of the molecule is C=CC1=C(C(=O)OC(C)OC(=O)OC(C)C)N2C(=O)[C@@H](NC(=O)/C(=N\OCC(=O)OC(C)OC(=O)OC(C)C)c3csc(N)n3)[C@H]2SC1. The summed E-state index contributed by atoms with van der Waals surface area (Å²) in [4.78, 5) is 85.5. The van der Waals surface area contributed by atoms with Crippen LogP contribution in [0, 0.1) is 0 Å². The Balaban J connectivity index is 1.67. The Kier molecular flexibility index (Phi) is 13.2. The third-order valence-electron chi connectivity index (χ3n) is 5.80. The molecule has 3 heterocycles. The van der Waals surface area contributed by atoms with E-state index in [9.17, 15) is 28.8 Å². The van der Waals surface area contributed by atoms with Crippen LogP contribution in [-0.2, 0) is 52.4 Å². The first-order valence-electron chi connectivity index (χ1n) is 14.3. The number of β-lactam (4-membered cyclic amide) rings is 1. The number of anilines is 1. The zero-order valence-electron chi connectivity index (χ0n) is 26.8. The monoisotopic (exact) mass is 713 g/mol. The van der Waals surface area contributed by atoms with Gasteiger partial charge in [0, 0.05) is 25.0 Å². The predicted molar refractivity (Wildman–Crippen MR) is 168 cm³/mol. The molecule has 18 nitrogen and oxygen atoms in total. The number of thioether (sulfide) groups is 1. The molecule has 2 aliphatic heterocycles. The number of fused-ring (bicyclic) bond motifs is 1. The third-order valence-corrected chi connectivity index (χ3v) is 7.78. The molecule has 1 saturated heterocycles. The van der Waals surface area contributed by atoms with E-state index in [1.165, 1.54) is 37.1 Å². The fourth-order valence-electron chi connectivity index (χ4n) is 3.93. The largest absolute Gasteiger partial charge is 0.511 e. The van der Waals surface area contributed by atoms with E-state index in [1.54, 1.807) is 27.7 Å². The highest BCUT2D eigenvalue weighted by atomic mass is 32.2. The Morgan fingerprint density at radius 2 is 1.62 bits per heavy atom. The number of hydrogen-bond donors (Lipinski definition) is 2. The first-order valence-corrected chi connectivity index (χ1v) is 16.2. The number of thiazole rings is 1. The summed E-state index contributed by atoms with van der Waals surface area (Å²) in [5.74, 6) is -3.30. The Morgan fingerprint density at radius 3 is 2.17 bits per heavy atom. The van der Waals surface area contributed by atoms with Gasteiger partial charge in [-0.05, 0) is 33.3 Å². The average Bonchev–Trinajstić information content (AvgIpc) is 3.41. The van der Waals surface area contributed by atoms with E-state index >= 15 is 0 Å². The molecular formula is C28H35N5O13S2. The lowest BCUT2D eigenvalue weighted by molar-refractivity contribution is -0.173. The van der Waals surface area contributed by atoms with Gasteiger partial charge in [-0.1, -0.05) is 17.8 Å². The van der Waals surface area contributed by atoms with Gasteiger partial charge in [-0.15, -0.1) is 23.1 Å². The lowest BCUT2D eigenvalue weighted by atomic mass is 10.0. The number of ether oxygens (including phenoxy) is 6. The number of nitrogen functional groups attached to an aromatic ring is 1. The van der Waals surface area contributed by atoms with Crippen LogP contribution in [0.15, 0.2) is 34.5 Å². The van der Waals surface area contributed by atoms with Gasteiger partial charge in [-0.25, -0.2) is 24.2 Å². The molecule has 3 rings (SSSR count). The van der Waals surface area contributed by atoms with E-state index in [4.69, 9.17) is 39.0 Å². The Morgan fingerprint density at radius 1 is 1.02 bits per heavy atom. The van der Waals surface area contributed by atoms with Gasteiger partial charge in [-0.2, -0.15) is 0 Å². The number of esters is 2. The van der Waals surface area contributed by atoms with Crippen molar-refractivity contribution in [1.29, 1.82) is 0 Å². The molecule has 4 atom stereocenters. The van der Waals surface area contributed by atoms with Crippen molar-refractivity contribution < 1.29 is 62.0 Å². The Labute approximate surface area is 282 Å². The molecule has 2 aliphatic rings. The number of nitrogens with zero attached hydrogens (tertiary/aromatic N) is 3. The van der Waals surface area contributed by atoms with E-state index in [2.05, 4.69) is 22.0 Å². The number of oxime groups is 1. The number of rotatable bonds is 14. The lowest BCUT2D eigenvalue weighted by Gasteiger charge is -2.49. The summed E-state index contributed by atoms with van der Waals surface area (Å²) in [6, 6.07) is -1.12. The van der Waals surface area contributed by atoms with Crippen molar-refractivity contribution in [3.05, 3.63) is 35.0 Å². The summed E-state index contributed by atoms with van der Waals surface area (Å²) in [5.41, 5.74) is 5.53. The van der Waals surface area contributed by atoms with Crippen LogP contribution in [-0.4, -0.2) is 100 Å². The summed E-state index contributed by atoms with van der Waals surface area (Å²) in [5, 5.41) is 7.03. The van der Waals surface area contributed by atoms with E-state index < -0.39 is 84.6 Å². The summed E-state index contributed by atoms with van der Waals surface area (Å²) < 4.78 is 29.5. The van der Waals surface area contributed by atoms with Crippen LogP contribution >= 0.6 is 23.1 Å². The number of aromatic nitrogens is 1. The molecule has 1 aromatic heterocycles. The van der Waals surface area contributed by atoms with Gasteiger partial charge in [0.15, 0.2) is 10.8 Å². The highest BCUT2D eigenvalue weighted by Gasteiger charge is 2.54. The average molecular weight is 714 g/mol. The van der Waals surface area contributed by atoms with Crippen molar-refractivity contribution in [3.8, 4) is 0 Å². The van der Waals surface area contributed by atoms with Gasteiger partial charge in [-0.3, -0.25) is 14.5 Å². The van der Waals surface area contributed by atoms with Gasteiger partial charge < -0.3 is 44.3 Å². The normalized spacial score (nSPS) is 18.5. The predicted octanol–water partition coefficient (Wildman–Crippen LogP) is 2.19. The van der Waals surface area contributed by atoms with Crippen LogP contribution in [0.5, 0.6) is 0 Å². The van der Waals surface area contributed by atoms with Crippen LogP contribution in [0.4, 0.5) is 14.7 Å². The van der Waals surface area contributed by atoms with Crippen LogP contribution < -0.4 is 11.1 Å². The Hall–Kier alpha value is -4.85. The maximum absolute atomic E-state index is 13.4. The molecule has 0 aliphatic carbocycles. The van der Waals surface area contributed by atoms with Gasteiger partial charge in [0.05, 0.1) is 12.2 Å². The summed E-state index contributed by atoms with van der Waals surface area (Å²) in [6.07, 6.45) is -4.27. The van der Waals surface area contributed by atoms with Crippen molar-refractivity contribution in [2.45, 2.75) is 77.7 Å². The van der Waals surface area contributed by atoms with E-state index in [0.29, 0.717) is 5.57 Å². The minimum atomic E-state index is -1.35. The minimum absolute atomic E-state index is 0.0143. The highest BCUT2D eigenvalue weighted by Crippen LogP contribution is 2.41. The van der Waals surface area contributed by atoms with E-state index in [1.807, 2.05) is 0 Å². The summed E-state index contributed by atoms with van der Waals surface area (Å²) in [7, 11) is 0. The number of carbonyl (C=O) groups is 6. The zero-order valence-corrected chi connectivity index (χ0v) is 28.4. The topological polar surface area (TPSA) is 234 Å². The Bertz CT molecular complexity index is 1490. The first kappa shape index (κ1) is 37.6. The van der Waals surface area contributed by atoms with E-state index in [-0.39, 0.29) is 22.3 Å². The molecule has 20 heteroatoms. The van der Waals surface area contributed by atoms with Crippen LogP contribution in [0.25, 0.3) is 0 Å². The lowest BCUT2D eigenvalue weighted by Crippen LogP contribution is -2.71. The molecule has 1 fully saturated rings. The molecule has 262 valence electrons. The molecule has 3 N–H and O–H groups in total. The van der Waals surface area contributed by atoms with Crippen LogP contribution in [0.3, 0.4) is 0 Å². The zero-order chi connectivity index (χ0) is 35.7. The molecule has 0 saturated carbocycles. The minimum Gasteiger partial charge on any atom is -0.431 e. The number of nitrogens with two attached hydrogens (primary N) is 1. The second kappa shape index (κ2) is 16.8. The van der Waals surface area contributed by atoms with Crippen LogP contribution in [0.1, 0.15) is 47.2 Å². The van der Waals surface area contributed by atoms with Crippen LogP contribution in [0.2, 0.25) is 0 Å². The number of carbonyl (C=O) groups excluding carboxylic acids is 6. The van der Waals surface area contributed by atoms with Crippen molar-refractivity contribution in [1.82, 2.24) is 15.2 Å². The quantitative estimate of drug-likeness (QED) is 0.0702. The van der Waals surface area contributed by atoms with Crippen molar-refractivity contribution >= 4 is 70.0 Å². The van der Waals surface area contributed by atoms with E-state index in [0.717, 1.165) is 16.2 Å². The molecule has 1 aromatic rings. The molecule has 2 unspecified atom stereocenters. The molecule has 0 aromatic carbocycles. The number of allylic oxidation sites excluding steroid dienone is 1. The molecule has 48 heavy (non-hydrogen) atoms. The smallest absolute Gasteiger partial charge is 0.431 e. The fourth-order valence-corrected chi connectivity index (χ4v) is 5.82. The molecule has 0 spiro atoms. The first-order chi connectivity index (χ1) is 22.6. The molecule has 0 bridgehead atoms. The van der Waals surface area contributed by atoms with Crippen molar-refractivity contribution in [2.24, 2.45) is 5.16 Å². The second-order valence-electron chi connectivity index (χ2n) is 10.3. The second-order valence-corrected chi connectivity index (χ2v) is 12.3. The number of nitrogens with one attached hydrogen (secondary N) is 1. The maximum atomic E-state index is 13.4. The van der Waals surface area contributed by atoms with Gasteiger partial charge in [0.1, 0.15) is 22.8 Å². The molecular weight excluding hydrogens is 678 g/mol. The standard InChI is InChI=1S/C28H35N5O13S2/c1-8-16-10-47-24-20(23(36)33(24)21(16)25(37)44-15(7)46-28(39)42-13(4)5)31-22(35)19(17-11-48-26(29)30-17)32-40-9-18(34)43-14(6)45-27(38)41-12(2)3/h8,11-15,20,24H,1,9-10H2,2-7H3,(H2,29,30)(H,31,35)/b32-19-/t14?,15?,20-,24-/m1/s1. The van der Waals surface area contributed by atoms with Gasteiger partial charge in [0.2, 0.25) is 19.2 Å². The highest BCUT2D eigenvalue weighted by molar-refractivity contribution is 8.00. The third kappa shape index (κ3) is 10.1. The van der Waals surface area contributed by atoms with Crippen molar-refractivity contribution in [2.75, 3.05) is 18.1 Å². The van der Waals surface area contributed by atoms with Gasteiger partial charge >= 0.3 is 24.2 Å². The van der Waals surface area contributed by atoms with Gasteiger partial charge in [0.25, 0.3) is 11.8 Å². The van der Waals surface area contributed by atoms with Crippen molar-refractivity contribution in [3.63, 3.8) is 0 Å². The molecule has 0 radical (unpaired) electrons. The number of amides is 2. The fraction of sp³-hybridized carbons (Fsp3) is 0.500. The summed E-state index contributed by atoms with van der Waals surface area (Å²) >= 11 is 2.24. The number of hydrogen-bond acceptors (Lipinski definition) is 18. The maximum Gasteiger partial charge on any atom is 0.511 e.